The van der Waals surface area contributed by atoms with Crippen molar-refractivity contribution in [2.75, 3.05) is 13.1 Å². The molecule has 0 aromatic heterocycles. The van der Waals surface area contributed by atoms with E-state index in [4.69, 9.17) is 33.7 Å². The maximum Gasteiger partial charge on any atom is 0.240 e. The number of likely N-dealkylation sites (tertiary alicyclic amines) is 1. The fourth-order valence-electron chi connectivity index (χ4n) is 2.65. The van der Waals surface area contributed by atoms with Crippen LogP contribution in [0.15, 0.2) is 18.2 Å². The molecule has 0 radical (unpaired) electrons. The van der Waals surface area contributed by atoms with E-state index in [1.54, 1.807) is 6.07 Å². The van der Waals surface area contributed by atoms with Crippen molar-refractivity contribution in [3.8, 4) is 0 Å². The number of hydrogen-bond acceptors (Lipinski definition) is 3. The molecule has 0 saturated carbocycles. The lowest BCUT2D eigenvalue weighted by Crippen LogP contribution is -2.53. The molecule has 0 spiro atoms. The van der Waals surface area contributed by atoms with Crippen molar-refractivity contribution in [1.29, 1.82) is 0 Å². The van der Waals surface area contributed by atoms with E-state index in [9.17, 15) is 4.79 Å². The predicted octanol–water partition coefficient (Wildman–Crippen LogP) is 3.87. The van der Waals surface area contributed by atoms with Crippen LogP contribution in [0.1, 0.15) is 39.2 Å². The molecular formula is C18H26Cl2N2O2. The minimum atomic E-state index is -0.467. The number of ether oxygens (including phenoxy) is 1. The summed E-state index contributed by atoms with van der Waals surface area (Å²) < 4.78 is 5.95. The first-order valence-corrected chi connectivity index (χ1v) is 9.04. The Morgan fingerprint density at radius 3 is 2.46 bits per heavy atom. The summed E-state index contributed by atoms with van der Waals surface area (Å²) in [5.74, 6) is 0.0328. The predicted molar refractivity (Wildman–Crippen MR) is 98.3 cm³/mol. The Morgan fingerprint density at radius 2 is 1.92 bits per heavy atom. The van der Waals surface area contributed by atoms with Crippen molar-refractivity contribution in [2.45, 2.75) is 52.4 Å². The van der Waals surface area contributed by atoms with Gasteiger partial charge in [0.05, 0.1) is 28.8 Å². The molecule has 1 fully saturated rings. The Kier molecular flexibility index (Phi) is 6.54. The number of piperidine rings is 1. The van der Waals surface area contributed by atoms with Gasteiger partial charge in [0.25, 0.3) is 0 Å². The molecule has 24 heavy (non-hydrogen) atoms. The van der Waals surface area contributed by atoms with E-state index in [1.807, 2.05) is 37.8 Å². The highest BCUT2D eigenvalue weighted by molar-refractivity contribution is 6.42. The zero-order chi connectivity index (χ0) is 17.9. The molecule has 1 heterocycles. The van der Waals surface area contributed by atoms with E-state index in [0.29, 0.717) is 29.7 Å². The Balaban J connectivity index is 1.80. The zero-order valence-corrected chi connectivity index (χ0v) is 16.0. The fraction of sp³-hybridized carbons (Fsp3) is 0.611. The van der Waals surface area contributed by atoms with Crippen LogP contribution in [-0.4, -0.2) is 36.0 Å². The lowest BCUT2D eigenvalue weighted by atomic mass is 9.86. The summed E-state index contributed by atoms with van der Waals surface area (Å²) in [5, 5.41) is 1.08. The molecule has 2 N–H and O–H groups in total. The third kappa shape index (κ3) is 5.09. The van der Waals surface area contributed by atoms with Gasteiger partial charge in [0.15, 0.2) is 0 Å². The minimum Gasteiger partial charge on any atom is -0.373 e. The van der Waals surface area contributed by atoms with Gasteiger partial charge >= 0.3 is 0 Å². The minimum absolute atomic E-state index is 0.0328. The van der Waals surface area contributed by atoms with Crippen molar-refractivity contribution in [2.24, 2.45) is 11.1 Å². The summed E-state index contributed by atoms with van der Waals surface area (Å²) in [7, 11) is 0. The van der Waals surface area contributed by atoms with E-state index in [0.717, 1.165) is 18.4 Å². The standard InChI is InChI=1S/C18H26Cl2N2O2/c1-18(2,3)16(21)17(23)22-8-6-13(7-9-22)24-11-12-4-5-14(19)15(20)10-12/h4-5,10,13,16H,6-9,11,21H2,1-3H3/t16-/m1/s1. The second-order valence-electron chi connectivity index (χ2n) is 7.43. The number of nitrogens with two attached hydrogens (primary N) is 1. The molecule has 1 aliphatic rings. The van der Waals surface area contributed by atoms with Crippen LogP contribution in [0, 0.1) is 5.41 Å². The van der Waals surface area contributed by atoms with Crippen molar-refractivity contribution >= 4 is 29.1 Å². The molecule has 6 heteroatoms. The zero-order valence-electron chi connectivity index (χ0n) is 14.5. The van der Waals surface area contributed by atoms with Gasteiger partial charge < -0.3 is 15.4 Å². The van der Waals surface area contributed by atoms with Crippen molar-refractivity contribution < 1.29 is 9.53 Å². The summed E-state index contributed by atoms with van der Waals surface area (Å²) in [6.45, 7) is 7.84. The highest BCUT2D eigenvalue weighted by Gasteiger charge is 2.33. The van der Waals surface area contributed by atoms with Crippen LogP contribution in [0.5, 0.6) is 0 Å². The Bertz CT molecular complexity index is 579. The maximum absolute atomic E-state index is 12.4. The number of halogens is 2. The van der Waals surface area contributed by atoms with Gasteiger partial charge in [-0.3, -0.25) is 4.79 Å². The second-order valence-corrected chi connectivity index (χ2v) is 8.24. The normalized spacial score (nSPS) is 17.8. The van der Waals surface area contributed by atoms with E-state index in [-0.39, 0.29) is 17.4 Å². The Hall–Kier alpha value is -0.810. The van der Waals surface area contributed by atoms with Gasteiger partial charge in [0.1, 0.15) is 0 Å². The number of nitrogens with zero attached hydrogens (tertiary/aromatic N) is 1. The molecule has 1 saturated heterocycles. The van der Waals surface area contributed by atoms with E-state index in [2.05, 4.69) is 0 Å². The van der Waals surface area contributed by atoms with E-state index in [1.165, 1.54) is 0 Å². The van der Waals surface area contributed by atoms with Gasteiger partial charge in [0.2, 0.25) is 5.91 Å². The second kappa shape index (κ2) is 8.05. The molecule has 0 aliphatic carbocycles. The van der Waals surface area contributed by atoms with Crippen LogP contribution in [0.3, 0.4) is 0 Å². The first kappa shape index (κ1) is 19.5. The number of rotatable bonds is 4. The highest BCUT2D eigenvalue weighted by Crippen LogP contribution is 2.25. The molecule has 0 unspecified atom stereocenters. The van der Waals surface area contributed by atoms with Gasteiger partial charge in [-0.2, -0.15) is 0 Å². The number of carbonyl (C=O) groups excluding carboxylic acids is 1. The van der Waals surface area contributed by atoms with E-state index >= 15 is 0 Å². The number of hydrogen-bond donors (Lipinski definition) is 1. The molecule has 1 atom stereocenters. The third-order valence-corrected chi connectivity index (χ3v) is 5.16. The van der Waals surface area contributed by atoms with Gasteiger partial charge in [-0.25, -0.2) is 0 Å². The fourth-order valence-corrected chi connectivity index (χ4v) is 2.97. The lowest BCUT2D eigenvalue weighted by molar-refractivity contribution is -0.137. The first-order valence-electron chi connectivity index (χ1n) is 8.28. The molecular weight excluding hydrogens is 347 g/mol. The van der Waals surface area contributed by atoms with Crippen molar-refractivity contribution in [1.82, 2.24) is 4.90 Å². The van der Waals surface area contributed by atoms with Crippen LogP contribution in [-0.2, 0) is 16.1 Å². The van der Waals surface area contributed by atoms with Crippen LogP contribution >= 0.6 is 23.2 Å². The van der Waals surface area contributed by atoms with Gasteiger partial charge in [0, 0.05) is 13.1 Å². The van der Waals surface area contributed by atoms with Crippen molar-refractivity contribution in [3.63, 3.8) is 0 Å². The quantitative estimate of drug-likeness (QED) is 0.872. The molecule has 0 bridgehead atoms. The SMILES string of the molecule is CC(C)(C)[C@H](N)C(=O)N1CCC(OCc2ccc(Cl)c(Cl)c2)CC1. The Labute approximate surface area is 154 Å². The summed E-state index contributed by atoms with van der Waals surface area (Å²) in [5.41, 5.74) is 6.85. The smallest absolute Gasteiger partial charge is 0.240 e. The number of amides is 1. The Morgan fingerprint density at radius 1 is 1.29 bits per heavy atom. The average Bonchev–Trinajstić information content (AvgIpc) is 2.54. The van der Waals surface area contributed by atoms with Crippen LogP contribution < -0.4 is 5.73 Å². The topological polar surface area (TPSA) is 55.6 Å². The molecule has 2 rings (SSSR count). The maximum atomic E-state index is 12.4. The van der Waals surface area contributed by atoms with Gasteiger partial charge in [-0.1, -0.05) is 50.0 Å². The summed E-state index contributed by atoms with van der Waals surface area (Å²) in [6.07, 6.45) is 1.79. The highest BCUT2D eigenvalue weighted by atomic mass is 35.5. The van der Waals surface area contributed by atoms with Crippen LogP contribution in [0.4, 0.5) is 0 Å². The van der Waals surface area contributed by atoms with Crippen molar-refractivity contribution in [3.05, 3.63) is 33.8 Å². The molecule has 1 aromatic carbocycles. The molecule has 1 amide bonds. The molecule has 134 valence electrons. The number of benzene rings is 1. The molecule has 1 aliphatic heterocycles. The monoisotopic (exact) mass is 372 g/mol. The lowest BCUT2D eigenvalue weighted by Gasteiger charge is -2.36. The summed E-state index contributed by atoms with van der Waals surface area (Å²) in [6, 6.07) is 5.05. The van der Waals surface area contributed by atoms with Gasteiger partial charge in [-0.05, 0) is 36.0 Å². The van der Waals surface area contributed by atoms with E-state index < -0.39 is 6.04 Å². The largest absolute Gasteiger partial charge is 0.373 e. The summed E-state index contributed by atoms with van der Waals surface area (Å²) >= 11 is 11.9. The third-order valence-electron chi connectivity index (χ3n) is 4.42. The molecule has 1 aromatic rings. The first-order chi connectivity index (χ1) is 11.2. The molecule has 4 nitrogen and oxygen atoms in total. The average molecular weight is 373 g/mol. The summed E-state index contributed by atoms with van der Waals surface area (Å²) in [4.78, 5) is 14.3. The van der Waals surface area contributed by atoms with Gasteiger partial charge in [-0.15, -0.1) is 0 Å². The number of carbonyl (C=O) groups is 1. The van der Waals surface area contributed by atoms with Crippen LogP contribution in [0.25, 0.3) is 0 Å². The van der Waals surface area contributed by atoms with Crippen LogP contribution in [0.2, 0.25) is 10.0 Å².